The number of para-hydroxylation sites is 1. The monoisotopic (exact) mass is 272 g/mol. The predicted molar refractivity (Wildman–Crippen MR) is 73.8 cm³/mol. The lowest BCUT2D eigenvalue weighted by molar-refractivity contribution is -0.123. The predicted octanol–water partition coefficient (Wildman–Crippen LogP) is 2.16. The molecule has 104 valence electrons. The van der Waals surface area contributed by atoms with E-state index in [1.165, 1.54) is 0 Å². The van der Waals surface area contributed by atoms with Gasteiger partial charge in [-0.25, -0.2) is 0 Å². The number of hydrogen-bond acceptors (Lipinski definition) is 3. The maximum absolute atomic E-state index is 12.0. The standard InChI is InChI=1S/C15H16N2O3/c1-8-7-11(8)14(18)16-17-15(19)13-9(2)10-5-3-4-6-12(10)20-13/h3-6,8,11H,7H2,1-2H3,(H,16,18)(H,17,19)/t8-,11-/m0/s1. The third kappa shape index (κ3) is 2.15. The number of fused-ring (bicyclic) bond motifs is 1. The van der Waals surface area contributed by atoms with Gasteiger partial charge in [-0.2, -0.15) is 0 Å². The molecule has 2 amide bonds. The number of amides is 2. The molecule has 20 heavy (non-hydrogen) atoms. The quantitative estimate of drug-likeness (QED) is 0.823. The summed E-state index contributed by atoms with van der Waals surface area (Å²) in [5, 5.41) is 0.903. The van der Waals surface area contributed by atoms with Gasteiger partial charge in [-0.3, -0.25) is 20.4 Å². The van der Waals surface area contributed by atoms with E-state index in [2.05, 4.69) is 10.9 Å². The highest BCUT2D eigenvalue weighted by molar-refractivity contribution is 5.99. The molecule has 1 heterocycles. The fourth-order valence-corrected chi connectivity index (χ4v) is 2.35. The van der Waals surface area contributed by atoms with Crippen molar-refractivity contribution in [2.45, 2.75) is 20.3 Å². The summed E-state index contributed by atoms with van der Waals surface area (Å²) in [5.74, 6) is 0.0854. The zero-order valence-electron chi connectivity index (χ0n) is 11.4. The van der Waals surface area contributed by atoms with Crippen LogP contribution in [0.15, 0.2) is 28.7 Å². The second-order valence-corrected chi connectivity index (χ2v) is 5.32. The third-order valence-electron chi connectivity index (χ3n) is 3.80. The number of furan rings is 1. The van der Waals surface area contributed by atoms with Crippen LogP contribution in [0, 0.1) is 18.8 Å². The van der Waals surface area contributed by atoms with Gasteiger partial charge in [0, 0.05) is 16.9 Å². The van der Waals surface area contributed by atoms with Gasteiger partial charge in [-0.15, -0.1) is 0 Å². The largest absolute Gasteiger partial charge is 0.451 e. The molecule has 1 aliphatic rings. The molecule has 3 rings (SSSR count). The topological polar surface area (TPSA) is 71.3 Å². The van der Waals surface area contributed by atoms with Crippen molar-refractivity contribution in [3.05, 3.63) is 35.6 Å². The van der Waals surface area contributed by atoms with Crippen molar-refractivity contribution in [1.82, 2.24) is 10.9 Å². The summed E-state index contributed by atoms with van der Waals surface area (Å²) in [6, 6.07) is 7.45. The molecule has 1 saturated carbocycles. The van der Waals surface area contributed by atoms with Gasteiger partial charge < -0.3 is 4.42 Å². The Morgan fingerprint density at radius 3 is 2.60 bits per heavy atom. The van der Waals surface area contributed by atoms with E-state index in [4.69, 9.17) is 4.42 Å². The first-order valence-corrected chi connectivity index (χ1v) is 6.66. The molecule has 1 fully saturated rings. The van der Waals surface area contributed by atoms with E-state index in [0.29, 0.717) is 11.5 Å². The van der Waals surface area contributed by atoms with Gasteiger partial charge in [-0.05, 0) is 25.3 Å². The van der Waals surface area contributed by atoms with Crippen molar-refractivity contribution >= 4 is 22.8 Å². The van der Waals surface area contributed by atoms with Crippen LogP contribution >= 0.6 is 0 Å². The Hall–Kier alpha value is -2.30. The highest BCUT2D eigenvalue weighted by Crippen LogP contribution is 2.37. The molecule has 2 atom stereocenters. The molecular weight excluding hydrogens is 256 g/mol. The van der Waals surface area contributed by atoms with Gasteiger partial charge in [-0.1, -0.05) is 25.1 Å². The molecular formula is C15H16N2O3. The minimum Gasteiger partial charge on any atom is -0.451 e. The first-order chi connectivity index (χ1) is 9.58. The lowest BCUT2D eigenvalue weighted by atomic mass is 10.1. The van der Waals surface area contributed by atoms with E-state index in [9.17, 15) is 9.59 Å². The molecule has 0 spiro atoms. The number of hydrogen-bond donors (Lipinski definition) is 2. The Morgan fingerprint density at radius 1 is 1.25 bits per heavy atom. The summed E-state index contributed by atoms with van der Waals surface area (Å²) >= 11 is 0. The summed E-state index contributed by atoms with van der Waals surface area (Å²) in [6.45, 7) is 3.83. The molecule has 1 aromatic carbocycles. The van der Waals surface area contributed by atoms with E-state index in [0.717, 1.165) is 17.4 Å². The SMILES string of the molecule is Cc1c(C(=O)NNC(=O)[C@H]2C[C@@H]2C)oc2ccccc12. The molecule has 1 aromatic heterocycles. The van der Waals surface area contributed by atoms with Crippen LogP contribution in [0.3, 0.4) is 0 Å². The van der Waals surface area contributed by atoms with Crippen LogP contribution in [0.1, 0.15) is 29.5 Å². The average Bonchev–Trinajstić information content (AvgIpc) is 3.09. The third-order valence-corrected chi connectivity index (χ3v) is 3.80. The van der Waals surface area contributed by atoms with E-state index in [-0.39, 0.29) is 17.6 Å². The van der Waals surface area contributed by atoms with E-state index in [1.54, 1.807) is 0 Å². The molecule has 5 heteroatoms. The molecule has 2 aromatic rings. The van der Waals surface area contributed by atoms with Crippen LogP contribution in [0.25, 0.3) is 11.0 Å². The smallest absolute Gasteiger partial charge is 0.305 e. The summed E-state index contributed by atoms with van der Waals surface area (Å²) in [7, 11) is 0. The van der Waals surface area contributed by atoms with Gasteiger partial charge in [0.1, 0.15) is 5.58 Å². The summed E-state index contributed by atoms with van der Waals surface area (Å²) in [4.78, 5) is 23.7. The molecule has 0 bridgehead atoms. The molecule has 0 aliphatic heterocycles. The average molecular weight is 272 g/mol. The summed E-state index contributed by atoms with van der Waals surface area (Å²) < 4.78 is 5.53. The van der Waals surface area contributed by atoms with Crippen molar-refractivity contribution in [3.63, 3.8) is 0 Å². The Morgan fingerprint density at radius 2 is 1.95 bits per heavy atom. The normalized spacial score (nSPS) is 20.7. The molecule has 1 aliphatic carbocycles. The molecule has 0 saturated heterocycles. The van der Waals surface area contributed by atoms with Gasteiger partial charge in [0.25, 0.3) is 0 Å². The lowest BCUT2D eigenvalue weighted by Crippen LogP contribution is -2.42. The van der Waals surface area contributed by atoms with Gasteiger partial charge in [0.05, 0.1) is 0 Å². The first-order valence-electron chi connectivity index (χ1n) is 6.66. The molecule has 5 nitrogen and oxygen atoms in total. The van der Waals surface area contributed by atoms with Crippen molar-refractivity contribution < 1.29 is 14.0 Å². The fraction of sp³-hybridized carbons (Fsp3) is 0.333. The Kier molecular flexibility index (Phi) is 2.97. The van der Waals surface area contributed by atoms with E-state index < -0.39 is 5.91 Å². The van der Waals surface area contributed by atoms with Crippen LogP contribution in [0.4, 0.5) is 0 Å². The van der Waals surface area contributed by atoms with Crippen LogP contribution in [0.5, 0.6) is 0 Å². The highest BCUT2D eigenvalue weighted by Gasteiger charge is 2.39. The molecule has 2 N–H and O–H groups in total. The van der Waals surface area contributed by atoms with Crippen LogP contribution in [0.2, 0.25) is 0 Å². The number of hydrazine groups is 1. The number of nitrogens with one attached hydrogen (secondary N) is 2. The number of carbonyl (C=O) groups is 2. The maximum Gasteiger partial charge on any atom is 0.305 e. The Labute approximate surface area is 116 Å². The lowest BCUT2D eigenvalue weighted by Gasteiger charge is -2.05. The van der Waals surface area contributed by atoms with Gasteiger partial charge in [0.15, 0.2) is 5.76 Å². The van der Waals surface area contributed by atoms with Crippen LogP contribution in [-0.4, -0.2) is 11.8 Å². The Balaban J connectivity index is 1.72. The number of benzene rings is 1. The zero-order valence-corrected chi connectivity index (χ0v) is 11.4. The summed E-state index contributed by atoms with van der Waals surface area (Å²) in [6.07, 6.45) is 0.880. The van der Waals surface area contributed by atoms with E-state index >= 15 is 0 Å². The number of rotatable bonds is 2. The Bertz CT molecular complexity index is 689. The van der Waals surface area contributed by atoms with Gasteiger partial charge in [0.2, 0.25) is 5.91 Å². The van der Waals surface area contributed by atoms with Crippen molar-refractivity contribution in [2.24, 2.45) is 11.8 Å². The fourth-order valence-electron chi connectivity index (χ4n) is 2.35. The zero-order chi connectivity index (χ0) is 14.3. The van der Waals surface area contributed by atoms with Crippen molar-refractivity contribution in [1.29, 1.82) is 0 Å². The highest BCUT2D eigenvalue weighted by atomic mass is 16.3. The number of carbonyl (C=O) groups excluding carboxylic acids is 2. The van der Waals surface area contributed by atoms with Crippen molar-refractivity contribution in [2.75, 3.05) is 0 Å². The second kappa shape index (κ2) is 4.67. The molecule has 0 radical (unpaired) electrons. The maximum atomic E-state index is 12.0. The van der Waals surface area contributed by atoms with Crippen LogP contribution < -0.4 is 10.9 Å². The molecule has 0 unspecified atom stereocenters. The minimum absolute atomic E-state index is 0.0204. The minimum atomic E-state index is -0.430. The first kappa shape index (κ1) is 12.7. The van der Waals surface area contributed by atoms with Crippen LogP contribution in [-0.2, 0) is 4.79 Å². The van der Waals surface area contributed by atoms with Crippen molar-refractivity contribution in [3.8, 4) is 0 Å². The number of aryl methyl sites for hydroxylation is 1. The van der Waals surface area contributed by atoms with Gasteiger partial charge >= 0.3 is 5.91 Å². The van der Waals surface area contributed by atoms with E-state index in [1.807, 2.05) is 38.1 Å². The second-order valence-electron chi connectivity index (χ2n) is 5.32. The summed E-state index contributed by atoms with van der Waals surface area (Å²) in [5.41, 5.74) is 6.29.